The van der Waals surface area contributed by atoms with E-state index < -0.39 is 11.8 Å². The van der Waals surface area contributed by atoms with Crippen LogP contribution in [0.1, 0.15) is 31.2 Å². The van der Waals surface area contributed by atoms with Crippen molar-refractivity contribution in [2.75, 3.05) is 25.0 Å². The van der Waals surface area contributed by atoms with Gasteiger partial charge < -0.3 is 19.9 Å². The number of fused-ring (bicyclic) bond motifs is 1. The number of carbonyl (C=O) groups excluding carboxylic acids is 2. The highest BCUT2D eigenvalue weighted by atomic mass is 35.5. The Hall–Kier alpha value is -3.13. The van der Waals surface area contributed by atoms with Gasteiger partial charge in [-0.25, -0.2) is 0 Å². The van der Waals surface area contributed by atoms with Crippen molar-refractivity contribution in [1.82, 2.24) is 14.8 Å². The maximum absolute atomic E-state index is 12.9. The summed E-state index contributed by atoms with van der Waals surface area (Å²) >= 11 is 6.11. The third-order valence-electron chi connectivity index (χ3n) is 6.76. The van der Waals surface area contributed by atoms with Gasteiger partial charge in [0.2, 0.25) is 0 Å². The molecule has 3 N–H and O–H groups in total. The van der Waals surface area contributed by atoms with Crippen LogP contribution in [-0.2, 0) is 16.1 Å². The van der Waals surface area contributed by atoms with Gasteiger partial charge in [0.25, 0.3) is 11.8 Å². The Labute approximate surface area is 209 Å². The van der Waals surface area contributed by atoms with Gasteiger partial charge in [0.1, 0.15) is 5.70 Å². The smallest absolute Gasteiger partial charge is 0.275 e. The number of hydrogen-bond donors (Lipinski definition) is 3. The van der Waals surface area contributed by atoms with Gasteiger partial charge in [0.15, 0.2) is 0 Å². The van der Waals surface area contributed by atoms with Gasteiger partial charge in [-0.3, -0.25) is 14.9 Å². The Morgan fingerprint density at radius 1 is 1.00 bits per heavy atom. The number of unbranched alkanes of at least 4 members (excludes halogenated alkanes) is 1. The third kappa shape index (κ3) is 5.12. The number of aliphatic hydroxyl groups is 1. The number of anilines is 1. The molecular formula is C27H29ClN4O3. The lowest BCUT2D eigenvalue weighted by atomic mass is 10.0. The lowest BCUT2D eigenvalue weighted by molar-refractivity contribution is -0.123. The molecule has 0 atom stereocenters. The molecule has 0 bridgehead atoms. The predicted molar refractivity (Wildman–Crippen MR) is 138 cm³/mol. The van der Waals surface area contributed by atoms with Crippen molar-refractivity contribution < 1.29 is 14.7 Å². The van der Waals surface area contributed by atoms with Gasteiger partial charge in [0, 0.05) is 53.0 Å². The van der Waals surface area contributed by atoms with E-state index in [1.54, 1.807) is 24.3 Å². The van der Waals surface area contributed by atoms with Crippen molar-refractivity contribution in [3.05, 3.63) is 71.0 Å². The molecule has 5 rings (SSSR count). The van der Waals surface area contributed by atoms with Gasteiger partial charge in [0.05, 0.1) is 11.7 Å². The Balaban J connectivity index is 1.39. The van der Waals surface area contributed by atoms with Crippen LogP contribution in [-0.4, -0.2) is 52.1 Å². The normalized spacial score (nSPS) is 17.4. The topological polar surface area (TPSA) is 86.6 Å². The number of aliphatic hydroxyl groups excluding tert-OH is 1. The maximum atomic E-state index is 12.9. The summed E-state index contributed by atoms with van der Waals surface area (Å²) in [5, 5.41) is 16.7. The first-order chi connectivity index (χ1) is 17.0. The Kier molecular flexibility index (Phi) is 6.90. The molecule has 182 valence electrons. The molecule has 0 aliphatic carbocycles. The first-order valence-electron chi connectivity index (χ1n) is 12.1. The molecule has 2 aliphatic rings. The monoisotopic (exact) mass is 492 g/mol. The molecule has 3 heterocycles. The highest BCUT2D eigenvalue weighted by Gasteiger charge is 2.33. The highest BCUT2D eigenvalue weighted by Crippen LogP contribution is 2.33. The predicted octanol–water partition coefficient (Wildman–Crippen LogP) is 4.01. The van der Waals surface area contributed by atoms with Crippen LogP contribution in [0.4, 0.5) is 5.69 Å². The summed E-state index contributed by atoms with van der Waals surface area (Å²) in [7, 11) is 0. The molecule has 3 aromatic rings. The Morgan fingerprint density at radius 3 is 2.57 bits per heavy atom. The number of piperidine rings is 1. The first kappa shape index (κ1) is 23.6. The molecular weight excluding hydrogens is 464 g/mol. The first-order valence-corrected chi connectivity index (χ1v) is 12.5. The summed E-state index contributed by atoms with van der Waals surface area (Å²) < 4.78 is 2.17. The van der Waals surface area contributed by atoms with E-state index in [4.69, 9.17) is 11.6 Å². The zero-order chi connectivity index (χ0) is 24.4. The Morgan fingerprint density at radius 2 is 1.77 bits per heavy atom. The molecule has 7 nitrogen and oxygen atoms in total. The number of rotatable bonds is 8. The van der Waals surface area contributed by atoms with Crippen molar-refractivity contribution in [2.24, 2.45) is 0 Å². The average molecular weight is 493 g/mol. The number of nitrogens with one attached hydrogen (secondary N) is 2. The van der Waals surface area contributed by atoms with Crippen molar-refractivity contribution in [3.8, 4) is 0 Å². The van der Waals surface area contributed by atoms with Gasteiger partial charge in [-0.2, -0.15) is 0 Å². The van der Waals surface area contributed by atoms with E-state index in [-0.39, 0.29) is 11.8 Å². The van der Waals surface area contributed by atoms with E-state index in [1.165, 1.54) is 0 Å². The number of aryl methyl sites for hydroxylation is 1. The highest BCUT2D eigenvalue weighted by molar-refractivity contribution is 6.38. The summed E-state index contributed by atoms with van der Waals surface area (Å²) in [5.74, 6) is -0.858. The van der Waals surface area contributed by atoms with Crippen LogP contribution in [0, 0.1) is 0 Å². The molecule has 0 saturated carbocycles. The molecule has 2 aromatic carbocycles. The number of amides is 2. The second-order valence-corrected chi connectivity index (χ2v) is 9.64. The molecule has 2 aliphatic heterocycles. The molecule has 1 saturated heterocycles. The third-order valence-corrected chi connectivity index (χ3v) is 7.00. The fraction of sp³-hybridized carbons (Fsp3) is 0.333. The van der Waals surface area contributed by atoms with Crippen molar-refractivity contribution in [2.45, 2.75) is 38.3 Å². The summed E-state index contributed by atoms with van der Waals surface area (Å²) in [6, 6.07) is 15.0. The number of likely N-dealkylation sites (tertiary alicyclic amines) is 1. The molecule has 0 unspecified atom stereocenters. The number of aromatic nitrogens is 1. The van der Waals surface area contributed by atoms with E-state index >= 15 is 0 Å². The van der Waals surface area contributed by atoms with Crippen LogP contribution in [0.3, 0.4) is 0 Å². The average Bonchev–Trinajstić information content (AvgIpc) is 3.34. The fourth-order valence-electron chi connectivity index (χ4n) is 4.93. The number of benzene rings is 2. The summed E-state index contributed by atoms with van der Waals surface area (Å²) in [6.07, 6.45) is 5.59. The maximum Gasteiger partial charge on any atom is 0.275 e. The lowest BCUT2D eigenvalue weighted by Gasteiger charge is -2.29. The van der Waals surface area contributed by atoms with E-state index in [9.17, 15) is 14.7 Å². The molecule has 1 aromatic heterocycles. The Bertz CT molecular complexity index is 1290. The number of nitrogens with zero attached hydrogens (tertiary/aromatic N) is 2. The van der Waals surface area contributed by atoms with Gasteiger partial charge in [-0.1, -0.05) is 35.9 Å². The van der Waals surface area contributed by atoms with Crippen molar-refractivity contribution in [3.63, 3.8) is 0 Å². The van der Waals surface area contributed by atoms with Crippen LogP contribution >= 0.6 is 11.6 Å². The largest absolute Gasteiger partial charge is 0.393 e. The van der Waals surface area contributed by atoms with Gasteiger partial charge >= 0.3 is 0 Å². The van der Waals surface area contributed by atoms with Crippen LogP contribution in [0.15, 0.2) is 60.4 Å². The second-order valence-electron chi connectivity index (χ2n) is 9.20. The number of para-hydroxylation sites is 1. The number of carbonyl (C=O) groups is 2. The number of imide groups is 1. The minimum absolute atomic E-state index is 0.150. The van der Waals surface area contributed by atoms with Crippen LogP contribution in [0.5, 0.6) is 0 Å². The quantitative estimate of drug-likeness (QED) is 0.327. The zero-order valence-corrected chi connectivity index (χ0v) is 20.2. The van der Waals surface area contributed by atoms with E-state index in [1.807, 2.05) is 30.5 Å². The summed E-state index contributed by atoms with van der Waals surface area (Å²) in [6.45, 7) is 3.75. The molecule has 8 heteroatoms. The van der Waals surface area contributed by atoms with Crippen LogP contribution < -0.4 is 10.6 Å². The van der Waals surface area contributed by atoms with Crippen molar-refractivity contribution >= 4 is 45.6 Å². The number of hydrogen-bond acceptors (Lipinski definition) is 5. The summed E-state index contributed by atoms with van der Waals surface area (Å²) in [4.78, 5) is 28.0. The standard InChI is InChI=1S/C27H29ClN4O3/c28-18-6-5-7-19(16-18)29-25-24(26(34)30-27(25)35)22-17-32(23-9-2-1-8-21(22)23)13-4-3-12-31-14-10-20(33)11-15-31/h1-2,5-9,16-17,20,33H,3-4,10-15H2,(H2,29,30,34,35). The lowest BCUT2D eigenvalue weighted by Crippen LogP contribution is -2.36. The van der Waals surface area contributed by atoms with Gasteiger partial charge in [-0.05, 0) is 56.5 Å². The van der Waals surface area contributed by atoms with Crippen LogP contribution in [0.25, 0.3) is 16.5 Å². The molecule has 0 radical (unpaired) electrons. The van der Waals surface area contributed by atoms with E-state index in [0.29, 0.717) is 16.3 Å². The number of halogens is 1. The van der Waals surface area contributed by atoms with E-state index in [2.05, 4.69) is 20.1 Å². The molecule has 1 fully saturated rings. The molecule has 2 amide bonds. The second kappa shape index (κ2) is 10.2. The van der Waals surface area contributed by atoms with E-state index in [0.717, 1.165) is 68.3 Å². The van der Waals surface area contributed by atoms with Crippen molar-refractivity contribution in [1.29, 1.82) is 0 Å². The summed E-state index contributed by atoms with van der Waals surface area (Å²) in [5.41, 5.74) is 2.98. The molecule has 0 spiro atoms. The van der Waals surface area contributed by atoms with Gasteiger partial charge in [-0.15, -0.1) is 0 Å². The zero-order valence-electron chi connectivity index (χ0n) is 19.5. The molecule has 35 heavy (non-hydrogen) atoms. The fourth-order valence-corrected chi connectivity index (χ4v) is 5.12. The van der Waals surface area contributed by atoms with Crippen LogP contribution in [0.2, 0.25) is 5.02 Å². The minimum Gasteiger partial charge on any atom is -0.393 e. The minimum atomic E-state index is -0.451. The SMILES string of the molecule is O=C1NC(=O)C(c2cn(CCCCN3CCC(O)CC3)c3ccccc23)=C1Nc1cccc(Cl)c1.